The van der Waals surface area contributed by atoms with Gasteiger partial charge in [-0.1, -0.05) is 60.7 Å². The topological polar surface area (TPSA) is 105 Å². The molecule has 0 aromatic heterocycles. The lowest BCUT2D eigenvalue weighted by atomic mass is 9.90. The fourth-order valence-electron chi connectivity index (χ4n) is 8.79. The summed E-state index contributed by atoms with van der Waals surface area (Å²) < 4.78 is 40.9. The first-order chi connectivity index (χ1) is 30.8. The van der Waals surface area contributed by atoms with E-state index in [2.05, 4.69) is 0 Å². The Hall–Kier alpha value is -6.42. The molecule has 2 saturated heterocycles. The van der Waals surface area contributed by atoms with Gasteiger partial charge in [0.15, 0.2) is 0 Å². The Bertz CT molecular complexity index is 2500. The van der Waals surface area contributed by atoms with Crippen LogP contribution in [-0.4, -0.2) is 49.6 Å². The van der Waals surface area contributed by atoms with Gasteiger partial charge in [-0.05, 0) is 170 Å². The van der Waals surface area contributed by atoms with Crippen LogP contribution in [0.3, 0.4) is 0 Å². The number of ether oxygens (including phenoxy) is 7. The van der Waals surface area contributed by atoms with Gasteiger partial charge >= 0.3 is 11.9 Å². The van der Waals surface area contributed by atoms with E-state index in [0.29, 0.717) is 64.6 Å². The van der Waals surface area contributed by atoms with E-state index in [4.69, 9.17) is 33.2 Å². The van der Waals surface area contributed by atoms with Crippen LogP contribution in [0.15, 0.2) is 146 Å². The third-order valence-corrected chi connectivity index (χ3v) is 12.7. The van der Waals surface area contributed by atoms with E-state index in [9.17, 15) is 9.59 Å². The number of esters is 2. The Labute approximate surface area is 367 Å². The van der Waals surface area contributed by atoms with Crippen molar-refractivity contribution in [1.29, 1.82) is 0 Å². The first-order valence-corrected chi connectivity index (χ1v) is 22.1. The van der Waals surface area contributed by atoms with Gasteiger partial charge in [0.05, 0.1) is 48.8 Å². The summed E-state index contributed by atoms with van der Waals surface area (Å²) >= 11 is 0. The molecule has 9 heteroatoms. The summed E-state index contributed by atoms with van der Waals surface area (Å²) in [6.07, 6.45) is 8.45. The molecule has 6 aromatic rings. The van der Waals surface area contributed by atoms with Crippen LogP contribution in [0.5, 0.6) is 28.7 Å². The lowest BCUT2D eigenvalue weighted by molar-refractivity contribution is 0.0725. The van der Waals surface area contributed by atoms with Gasteiger partial charge in [-0.3, -0.25) is 0 Å². The second-order valence-corrected chi connectivity index (χ2v) is 17.2. The van der Waals surface area contributed by atoms with Gasteiger partial charge in [0, 0.05) is 0 Å². The first kappa shape index (κ1) is 40.6. The maximum atomic E-state index is 13.0. The van der Waals surface area contributed by atoms with Crippen LogP contribution in [0.25, 0.3) is 22.3 Å². The molecule has 9 nitrogen and oxygen atoms in total. The van der Waals surface area contributed by atoms with Gasteiger partial charge in [0.25, 0.3) is 0 Å². The molecule has 2 aliphatic carbocycles. The minimum Gasteiger partial charge on any atom is -0.493 e. The molecule has 10 rings (SSSR count). The number of hydrogen-bond acceptors (Lipinski definition) is 9. The van der Waals surface area contributed by atoms with Crippen molar-refractivity contribution in [3.63, 3.8) is 0 Å². The van der Waals surface area contributed by atoms with E-state index in [1.165, 1.54) is 0 Å². The number of carbonyl (C=O) groups is 2. The number of benzene rings is 6. The number of hydrogen-bond donors (Lipinski definition) is 0. The monoisotopic (exact) mass is 842 g/mol. The van der Waals surface area contributed by atoms with Crippen LogP contribution >= 0.6 is 0 Å². The molecule has 0 amide bonds. The van der Waals surface area contributed by atoms with Gasteiger partial charge in [-0.25, -0.2) is 9.59 Å². The SMILES string of the molecule is CC(Oc1ccc(OC(=O)c2ccc(-c3ccc(OCC4CCC5OC5C4)cc3)cc2)cc1)c1ccc(OC(=O)c2ccc(-c3ccc(OCC4CCC5OC5C4)cc3)cc2)cc1. The van der Waals surface area contributed by atoms with Crippen molar-refractivity contribution in [2.75, 3.05) is 13.2 Å². The van der Waals surface area contributed by atoms with E-state index < -0.39 is 11.9 Å². The van der Waals surface area contributed by atoms with Gasteiger partial charge in [-0.15, -0.1) is 0 Å². The summed E-state index contributed by atoms with van der Waals surface area (Å²) in [5, 5.41) is 0. The lowest BCUT2D eigenvalue weighted by Crippen LogP contribution is -2.19. The molecule has 2 saturated carbocycles. The van der Waals surface area contributed by atoms with E-state index >= 15 is 0 Å². The maximum Gasteiger partial charge on any atom is 0.343 e. The molecule has 4 aliphatic rings. The summed E-state index contributed by atoms with van der Waals surface area (Å²) in [5.41, 5.74) is 5.89. The Balaban J connectivity index is 0.657. The predicted molar refractivity (Wildman–Crippen MR) is 239 cm³/mol. The van der Waals surface area contributed by atoms with Crippen LogP contribution in [0.4, 0.5) is 0 Å². The Kier molecular flexibility index (Phi) is 11.7. The molecule has 2 heterocycles. The van der Waals surface area contributed by atoms with Crippen molar-refractivity contribution >= 4 is 11.9 Å². The standard InChI is InChI=1S/C54H50O9/c1-34(37-12-22-47(23-13-37)60-53(55)42-8-4-38(5-9-42)40-14-18-44(19-15-40)57-32-35-2-28-49-51(30-35)62-49)59-46-24-26-48(27-25-46)61-54(56)43-10-6-39(7-11-43)41-16-20-45(21-17-41)58-33-36-3-29-50-52(31-36)63-50/h4-27,34-36,49-52H,2-3,28-33H2,1H3. The van der Waals surface area contributed by atoms with E-state index in [0.717, 1.165) is 91.1 Å². The van der Waals surface area contributed by atoms with Gasteiger partial charge in [0.1, 0.15) is 34.9 Å². The average molecular weight is 843 g/mol. The molecule has 0 radical (unpaired) electrons. The van der Waals surface area contributed by atoms with Crippen LogP contribution in [0.1, 0.15) is 77.8 Å². The zero-order valence-electron chi connectivity index (χ0n) is 35.2. The molecule has 320 valence electrons. The van der Waals surface area contributed by atoms with Crippen LogP contribution in [0, 0.1) is 11.8 Å². The van der Waals surface area contributed by atoms with Crippen molar-refractivity contribution in [3.8, 4) is 51.0 Å². The normalized spacial score (nSPS) is 22.4. The zero-order chi connectivity index (χ0) is 42.7. The fraction of sp³-hybridized carbons (Fsp3) is 0.296. The van der Waals surface area contributed by atoms with Gasteiger partial charge in [0.2, 0.25) is 0 Å². The maximum absolute atomic E-state index is 13.0. The molecule has 0 N–H and O–H groups in total. The minimum absolute atomic E-state index is 0.293. The van der Waals surface area contributed by atoms with Crippen LogP contribution in [0.2, 0.25) is 0 Å². The smallest absolute Gasteiger partial charge is 0.343 e. The summed E-state index contributed by atoms with van der Waals surface area (Å²) in [6, 6.07) is 45.1. The summed E-state index contributed by atoms with van der Waals surface area (Å²) in [6.45, 7) is 3.38. The van der Waals surface area contributed by atoms with Crippen LogP contribution in [-0.2, 0) is 9.47 Å². The number of fused-ring (bicyclic) bond motifs is 2. The summed E-state index contributed by atoms with van der Waals surface area (Å²) in [4.78, 5) is 26.0. The molecule has 7 atom stereocenters. The number of rotatable bonds is 15. The first-order valence-electron chi connectivity index (χ1n) is 22.1. The van der Waals surface area contributed by atoms with Gasteiger partial charge in [-0.2, -0.15) is 0 Å². The summed E-state index contributed by atoms with van der Waals surface area (Å²) in [5.74, 6) is 3.42. The Morgan fingerprint density at radius 2 is 0.825 bits per heavy atom. The lowest BCUT2D eigenvalue weighted by Gasteiger charge is -2.19. The van der Waals surface area contributed by atoms with Crippen molar-refractivity contribution in [2.24, 2.45) is 11.8 Å². The highest BCUT2D eigenvalue weighted by Crippen LogP contribution is 2.41. The molecule has 0 spiro atoms. The molecule has 4 fully saturated rings. The molecule has 0 bridgehead atoms. The van der Waals surface area contributed by atoms with Crippen molar-refractivity contribution in [3.05, 3.63) is 162 Å². The Morgan fingerprint density at radius 3 is 1.24 bits per heavy atom. The molecule has 7 unspecified atom stereocenters. The van der Waals surface area contributed by atoms with E-state index in [1.54, 1.807) is 60.7 Å². The molecular formula is C54H50O9. The van der Waals surface area contributed by atoms with Crippen molar-refractivity contribution in [1.82, 2.24) is 0 Å². The second-order valence-electron chi connectivity index (χ2n) is 17.2. The summed E-state index contributed by atoms with van der Waals surface area (Å²) in [7, 11) is 0. The molecule has 6 aromatic carbocycles. The highest BCUT2D eigenvalue weighted by molar-refractivity contribution is 5.92. The molecule has 63 heavy (non-hydrogen) atoms. The third kappa shape index (κ3) is 10.1. The third-order valence-electron chi connectivity index (χ3n) is 12.7. The van der Waals surface area contributed by atoms with Crippen molar-refractivity contribution < 1.29 is 42.7 Å². The van der Waals surface area contributed by atoms with E-state index in [1.807, 2.05) is 91.9 Å². The number of carbonyl (C=O) groups excluding carboxylic acids is 2. The second kappa shape index (κ2) is 18.1. The van der Waals surface area contributed by atoms with Crippen molar-refractivity contribution in [2.45, 2.75) is 76.0 Å². The largest absolute Gasteiger partial charge is 0.493 e. The highest BCUT2D eigenvalue weighted by Gasteiger charge is 2.44. The molecule has 2 aliphatic heterocycles. The van der Waals surface area contributed by atoms with Gasteiger partial charge < -0.3 is 33.2 Å². The number of epoxide rings is 2. The average Bonchev–Trinajstić information content (AvgIpc) is 4.27. The zero-order valence-corrected chi connectivity index (χ0v) is 35.2. The fourth-order valence-corrected chi connectivity index (χ4v) is 8.79. The molecular weight excluding hydrogens is 793 g/mol. The predicted octanol–water partition coefficient (Wildman–Crippen LogP) is 11.5. The Morgan fingerprint density at radius 1 is 0.460 bits per heavy atom. The highest BCUT2D eigenvalue weighted by atomic mass is 16.6. The minimum atomic E-state index is -0.444. The quantitative estimate of drug-likeness (QED) is 0.0567. The van der Waals surface area contributed by atoms with E-state index in [-0.39, 0.29) is 6.10 Å². The van der Waals surface area contributed by atoms with Crippen LogP contribution < -0.4 is 23.7 Å².